The second kappa shape index (κ2) is 1.64. The Labute approximate surface area is 40.7 Å². The van der Waals surface area contributed by atoms with E-state index in [0.29, 0.717) is 0 Å². The topological polar surface area (TPSA) is 41.8 Å². The zero-order valence-electron chi connectivity index (χ0n) is 3.46. The van der Waals surface area contributed by atoms with E-state index in [1.807, 2.05) is 0 Å². The van der Waals surface area contributed by atoms with Crippen LogP contribution in [0.25, 0.3) is 0 Å². The van der Waals surface area contributed by atoms with Gasteiger partial charge in [0, 0.05) is 6.08 Å². The predicted octanol–water partition coefficient (Wildman–Crippen LogP) is 0.574. The molecule has 2 radical (unpaired) electrons. The minimum atomic E-state index is -0.321. The van der Waals surface area contributed by atoms with Gasteiger partial charge in [-0.15, -0.1) is 5.11 Å². The minimum absolute atomic E-state index is 0.321. The minimum Gasteiger partial charge on any atom is -0.266 e. The molecule has 1 amide bonds. The summed E-state index contributed by atoms with van der Waals surface area (Å²) in [6.45, 7) is 2.37. The summed E-state index contributed by atoms with van der Waals surface area (Å²) in [5.41, 5.74) is 0. The number of rotatable bonds is 0. The lowest BCUT2D eigenvalue weighted by molar-refractivity contribution is -0.114. The fourth-order valence-electron chi connectivity index (χ4n) is 0.253. The summed E-state index contributed by atoms with van der Waals surface area (Å²) in [6, 6.07) is 0. The largest absolute Gasteiger partial charge is 0.287 e. The van der Waals surface area contributed by atoms with Crippen molar-refractivity contribution in [2.45, 2.75) is 0 Å². The second-order valence-electron chi connectivity index (χ2n) is 1.00. The Kier molecular flexibility index (Phi) is 0.978. The zero-order valence-corrected chi connectivity index (χ0v) is 3.46. The highest BCUT2D eigenvalue weighted by Crippen LogP contribution is 1.93. The molecule has 0 aromatic rings. The van der Waals surface area contributed by atoms with Crippen molar-refractivity contribution >= 4 is 5.91 Å². The van der Waals surface area contributed by atoms with Gasteiger partial charge < -0.3 is 0 Å². The molecule has 0 aliphatic carbocycles. The third-order valence-electron chi connectivity index (χ3n) is 0.507. The Hall–Kier alpha value is -0.990. The van der Waals surface area contributed by atoms with Gasteiger partial charge in [0.1, 0.15) is 0 Å². The average molecular weight is 94.1 g/mol. The van der Waals surface area contributed by atoms with Crippen LogP contribution in [-0.4, -0.2) is 5.91 Å². The molecule has 0 fully saturated rings. The van der Waals surface area contributed by atoms with Gasteiger partial charge in [0.05, 0.1) is 0 Å². The van der Waals surface area contributed by atoms with Crippen LogP contribution in [0, 0.1) is 6.54 Å². The maximum absolute atomic E-state index is 10.1. The molecule has 7 heavy (non-hydrogen) atoms. The molecule has 1 aliphatic heterocycles. The molecule has 0 aromatic heterocycles. The van der Waals surface area contributed by atoms with Gasteiger partial charge in [-0.2, -0.15) is 5.11 Å². The molecule has 1 heterocycles. The van der Waals surface area contributed by atoms with Gasteiger partial charge in [0.2, 0.25) is 0 Å². The quantitative estimate of drug-likeness (QED) is 0.432. The smallest absolute Gasteiger partial charge is 0.266 e. The van der Waals surface area contributed by atoms with E-state index >= 15 is 0 Å². The van der Waals surface area contributed by atoms with Crippen LogP contribution in [-0.2, 0) is 4.79 Å². The number of amides is 1. The highest BCUT2D eigenvalue weighted by Gasteiger charge is 1.93. The van der Waals surface area contributed by atoms with Crippen molar-refractivity contribution in [1.82, 2.24) is 0 Å². The van der Waals surface area contributed by atoms with Gasteiger partial charge in [-0.25, -0.2) is 0 Å². The summed E-state index contributed by atoms with van der Waals surface area (Å²) in [5, 5.41) is 6.31. The third-order valence-corrected chi connectivity index (χ3v) is 0.507. The van der Waals surface area contributed by atoms with Gasteiger partial charge in [-0.3, -0.25) is 4.79 Å². The summed E-state index contributed by atoms with van der Waals surface area (Å²) in [7, 11) is 0. The standard InChI is InChI=1S/C4H2N2O/c7-4-2-1-3-5-6-4/h1-2H. The predicted molar refractivity (Wildman–Crippen MR) is 22.2 cm³/mol. The Balaban J connectivity index is 2.66. The van der Waals surface area contributed by atoms with Crippen molar-refractivity contribution in [2.24, 2.45) is 10.2 Å². The van der Waals surface area contributed by atoms with E-state index in [4.69, 9.17) is 0 Å². The van der Waals surface area contributed by atoms with Crippen LogP contribution in [0.5, 0.6) is 0 Å². The van der Waals surface area contributed by atoms with E-state index in [1.165, 1.54) is 12.2 Å². The van der Waals surface area contributed by atoms with Gasteiger partial charge in [-0.05, 0) is 6.08 Å². The first-order valence-electron chi connectivity index (χ1n) is 1.76. The summed E-state index contributed by atoms with van der Waals surface area (Å²) < 4.78 is 0. The van der Waals surface area contributed by atoms with Crippen molar-refractivity contribution in [3.8, 4) is 0 Å². The molecule has 0 unspecified atom stereocenters. The van der Waals surface area contributed by atoms with Crippen LogP contribution in [0.1, 0.15) is 0 Å². The van der Waals surface area contributed by atoms with E-state index in [1.54, 1.807) is 0 Å². The Morgan fingerprint density at radius 3 is 2.86 bits per heavy atom. The fourth-order valence-corrected chi connectivity index (χ4v) is 0.253. The van der Waals surface area contributed by atoms with E-state index in [9.17, 15) is 4.79 Å². The molecular formula is C4H2N2O. The molecule has 1 aliphatic rings. The van der Waals surface area contributed by atoms with Crippen molar-refractivity contribution in [2.75, 3.05) is 0 Å². The maximum atomic E-state index is 10.1. The van der Waals surface area contributed by atoms with E-state index in [0.717, 1.165) is 0 Å². The molecule has 0 atom stereocenters. The van der Waals surface area contributed by atoms with E-state index in [2.05, 4.69) is 16.8 Å². The molecule has 0 saturated heterocycles. The maximum Gasteiger partial charge on any atom is 0.287 e. The lowest BCUT2D eigenvalue weighted by Gasteiger charge is -1.84. The van der Waals surface area contributed by atoms with Gasteiger partial charge in [0.25, 0.3) is 5.91 Å². The van der Waals surface area contributed by atoms with Gasteiger partial charge in [-0.1, -0.05) is 0 Å². The van der Waals surface area contributed by atoms with Crippen LogP contribution < -0.4 is 0 Å². The molecule has 0 spiro atoms. The number of azo groups is 1. The van der Waals surface area contributed by atoms with Crippen LogP contribution in [0.4, 0.5) is 0 Å². The number of carbonyl (C=O) groups is 1. The Morgan fingerprint density at radius 1 is 1.71 bits per heavy atom. The summed E-state index contributed by atoms with van der Waals surface area (Å²) in [4.78, 5) is 10.1. The van der Waals surface area contributed by atoms with Gasteiger partial charge >= 0.3 is 0 Å². The van der Waals surface area contributed by atoms with Crippen molar-refractivity contribution in [3.63, 3.8) is 0 Å². The first-order chi connectivity index (χ1) is 3.39. The second-order valence-corrected chi connectivity index (χ2v) is 1.00. The van der Waals surface area contributed by atoms with Crippen LogP contribution >= 0.6 is 0 Å². The first-order valence-corrected chi connectivity index (χ1v) is 1.76. The van der Waals surface area contributed by atoms with Crippen LogP contribution in [0.2, 0.25) is 0 Å². The Bertz CT molecular complexity index is 123. The van der Waals surface area contributed by atoms with Crippen LogP contribution in [0.3, 0.4) is 0 Å². The summed E-state index contributed by atoms with van der Waals surface area (Å²) >= 11 is 0. The lowest BCUT2D eigenvalue weighted by atomic mass is 10.4. The molecule has 34 valence electrons. The number of nitrogens with zero attached hydrogens (tertiary/aromatic N) is 2. The van der Waals surface area contributed by atoms with Gasteiger partial charge in [0.15, 0.2) is 6.54 Å². The molecule has 3 nitrogen and oxygen atoms in total. The molecule has 0 bridgehead atoms. The number of carbonyl (C=O) groups excluding carboxylic acids is 1. The molecule has 1 rings (SSSR count). The Morgan fingerprint density at radius 2 is 2.57 bits per heavy atom. The molecular weight excluding hydrogens is 92.1 g/mol. The first kappa shape index (κ1) is 4.18. The van der Waals surface area contributed by atoms with E-state index in [-0.39, 0.29) is 5.91 Å². The summed E-state index contributed by atoms with van der Waals surface area (Å²) in [6.07, 6.45) is 2.72. The highest BCUT2D eigenvalue weighted by atomic mass is 16.1. The summed E-state index contributed by atoms with van der Waals surface area (Å²) in [5.74, 6) is -0.321. The molecule has 3 heteroatoms. The SMILES string of the molecule is O=C1C=C[C]N=N1. The fraction of sp³-hybridized carbons (Fsp3) is 0. The normalized spacial score (nSPS) is 18.0. The zero-order chi connectivity index (χ0) is 5.11. The molecule has 0 N–H and O–H groups in total. The van der Waals surface area contributed by atoms with Crippen LogP contribution in [0.15, 0.2) is 22.4 Å². The van der Waals surface area contributed by atoms with Crippen molar-refractivity contribution in [1.29, 1.82) is 0 Å². The number of hydrogen-bond donors (Lipinski definition) is 0. The monoisotopic (exact) mass is 94.0 g/mol. The lowest BCUT2D eigenvalue weighted by Crippen LogP contribution is -1.87. The average Bonchev–Trinajstić information content (AvgIpc) is 1.69. The van der Waals surface area contributed by atoms with Crippen molar-refractivity contribution < 1.29 is 4.79 Å². The molecule has 0 aromatic carbocycles. The highest BCUT2D eigenvalue weighted by molar-refractivity contribution is 5.88. The number of hydrogen-bond acceptors (Lipinski definition) is 2. The molecule has 0 saturated carbocycles. The van der Waals surface area contributed by atoms with Crippen molar-refractivity contribution in [3.05, 3.63) is 18.7 Å². The third kappa shape index (κ3) is 0.924. The van der Waals surface area contributed by atoms with E-state index < -0.39 is 0 Å².